The highest BCUT2D eigenvalue weighted by Crippen LogP contribution is 2.18. The number of rotatable bonds is 5. The Labute approximate surface area is 158 Å². The summed E-state index contributed by atoms with van der Waals surface area (Å²) in [6.07, 6.45) is -1.62. The molecule has 0 saturated carbocycles. The second-order valence-corrected chi connectivity index (χ2v) is 5.87. The van der Waals surface area contributed by atoms with Gasteiger partial charge in [0.25, 0.3) is 0 Å². The highest BCUT2D eigenvalue weighted by molar-refractivity contribution is 5.73. The van der Waals surface area contributed by atoms with Gasteiger partial charge in [0, 0.05) is 24.4 Å². The maximum absolute atomic E-state index is 10.6. The van der Waals surface area contributed by atoms with Crippen molar-refractivity contribution in [2.24, 2.45) is 0 Å². The fourth-order valence-electron chi connectivity index (χ4n) is 2.21. The molecule has 3 heterocycles. The molecule has 150 valence electrons. The van der Waals surface area contributed by atoms with Gasteiger partial charge in [0.1, 0.15) is 11.5 Å². The molecule has 0 unspecified atom stereocenters. The molecule has 0 aliphatic rings. The smallest absolute Gasteiger partial charge is 0.475 e. The highest BCUT2D eigenvalue weighted by Gasteiger charge is 2.38. The monoisotopic (exact) mass is 397 g/mol. The molecule has 3 aromatic heterocycles. The average Bonchev–Trinajstić information content (AvgIpc) is 3.25. The molecule has 28 heavy (non-hydrogen) atoms. The van der Waals surface area contributed by atoms with E-state index in [1.165, 1.54) is 5.56 Å². The molecule has 0 bridgehead atoms. The van der Waals surface area contributed by atoms with E-state index in [0.717, 1.165) is 29.5 Å². The Hall–Kier alpha value is -3.14. The van der Waals surface area contributed by atoms with E-state index in [1.54, 1.807) is 12.5 Å². The minimum atomic E-state index is -5.08. The largest absolute Gasteiger partial charge is 0.490 e. The van der Waals surface area contributed by atoms with Crippen molar-refractivity contribution in [1.29, 1.82) is 0 Å². The van der Waals surface area contributed by atoms with E-state index in [4.69, 9.17) is 18.8 Å². The zero-order valence-corrected chi connectivity index (χ0v) is 15.1. The normalized spacial score (nSPS) is 11.2. The van der Waals surface area contributed by atoms with Crippen LogP contribution in [0.15, 0.2) is 51.7 Å². The topological polar surface area (TPSA) is 92.6 Å². The Kier molecular flexibility index (Phi) is 6.94. The molecule has 0 fully saturated rings. The van der Waals surface area contributed by atoms with Crippen molar-refractivity contribution >= 4 is 5.97 Å². The van der Waals surface area contributed by atoms with Crippen LogP contribution in [-0.4, -0.2) is 39.3 Å². The average molecular weight is 397 g/mol. The number of aromatic nitrogens is 2. The molecule has 3 rings (SSSR count). The minimum absolute atomic E-state index is 0.685. The van der Waals surface area contributed by atoms with Gasteiger partial charge < -0.3 is 14.0 Å². The molecule has 0 aromatic carbocycles. The van der Waals surface area contributed by atoms with Crippen LogP contribution in [0, 0.1) is 6.92 Å². The number of hydrogen-bond donors (Lipinski definition) is 1. The minimum Gasteiger partial charge on any atom is -0.475 e. The lowest BCUT2D eigenvalue weighted by molar-refractivity contribution is -0.192. The molecule has 1 N–H and O–H groups in total. The fourth-order valence-corrected chi connectivity index (χ4v) is 2.21. The van der Waals surface area contributed by atoms with Gasteiger partial charge >= 0.3 is 12.1 Å². The highest BCUT2D eigenvalue weighted by atomic mass is 19.4. The van der Waals surface area contributed by atoms with Crippen LogP contribution < -0.4 is 0 Å². The summed E-state index contributed by atoms with van der Waals surface area (Å²) in [5.41, 5.74) is 2.77. The Bertz CT molecular complexity index is 891. The number of aryl methyl sites for hydroxylation is 1. The quantitative estimate of drug-likeness (QED) is 0.698. The predicted molar refractivity (Wildman–Crippen MR) is 92.0 cm³/mol. The maximum atomic E-state index is 10.6. The number of nitrogens with zero attached hydrogens (tertiary/aromatic N) is 3. The number of furan rings is 1. The van der Waals surface area contributed by atoms with Crippen molar-refractivity contribution in [3.8, 4) is 11.4 Å². The Morgan fingerprint density at radius 1 is 1.21 bits per heavy atom. The molecule has 0 aliphatic heterocycles. The van der Waals surface area contributed by atoms with Crippen LogP contribution in [0.3, 0.4) is 0 Å². The molecule has 10 heteroatoms. The number of pyridine rings is 1. The number of carboxylic acid groups (broad SMARTS) is 1. The summed E-state index contributed by atoms with van der Waals surface area (Å²) in [4.78, 5) is 15.3. The Morgan fingerprint density at radius 2 is 1.93 bits per heavy atom. The Balaban J connectivity index is 0.000000345. The third-order valence-corrected chi connectivity index (χ3v) is 3.56. The molecule has 0 spiro atoms. The molecule has 0 radical (unpaired) electrons. The zero-order chi connectivity index (χ0) is 20.7. The van der Waals surface area contributed by atoms with Gasteiger partial charge in [-0.25, -0.2) is 4.79 Å². The molecular formula is C18H18F3N3O4. The number of alkyl halides is 3. The molecule has 0 atom stereocenters. The van der Waals surface area contributed by atoms with Crippen molar-refractivity contribution in [3.05, 3.63) is 59.9 Å². The fraction of sp³-hybridized carbons (Fsp3) is 0.278. The van der Waals surface area contributed by atoms with E-state index >= 15 is 0 Å². The van der Waals surface area contributed by atoms with Gasteiger partial charge in [-0.1, -0.05) is 11.2 Å². The number of carbonyl (C=O) groups is 1. The number of hydrogen-bond acceptors (Lipinski definition) is 6. The first-order chi connectivity index (χ1) is 13.2. The third-order valence-electron chi connectivity index (χ3n) is 3.56. The van der Waals surface area contributed by atoms with Crippen LogP contribution in [0.2, 0.25) is 0 Å². The second kappa shape index (κ2) is 9.18. The van der Waals surface area contributed by atoms with Gasteiger partial charge in [0.05, 0.1) is 18.5 Å². The van der Waals surface area contributed by atoms with E-state index < -0.39 is 12.1 Å². The summed E-state index contributed by atoms with van der Waals surface area (Å²) in [6, 6.07) is 9.66. The van der Waals surface area contributed by atoms with Crippen LogP contribution in [0.1, 0.15) is 17.1 Å². The van der Waals surface area contributed by atoms with E-state index in [9.17, 15) is 13.2 Å². The van der Waals surface area contributed by atoms with E-state index in [2.05, 4.69) is 15.0 Å². The summed E-state index contributed by atoms with van der Waals surface area (Å²) in [5, 5.41) is 11.2. The lowest BCUT2D eigenvalue weighted by Gasteiger charge is -2.13. The molecule has 3 aromatic rings. The predicted octanol–water partition coefficient (Wildman–Crippen LogP) is 3.90. The number of aliphatic carboxylic acids is 1. The summed E-state index contributed by atoms with van der Waals surface area (Å²) >= 11 is 0. The maximum Gasteiger partial charge on any atom is 0.490 e. The van der Waals surface area contributed by atoms with Gasteiger partial charge in [-0.15, -0.1) is 0 Å². The summed E-state index contributed by atoms with van der Waals surface area (Å²) < 4.78 is 42.4. The number of carboxylic acids is 1. The summed E-state index contributed by atoms with van der Waals surface area (Å²) in [7, 11) is 2.04. The first kappa shape index (κ1) is 21.2. The third kappa shape index (κ3) is 6.23. The van der Waals surface area contributed by atoms with Crippen molar-refractivity contribution in [1.82, 2.24) is 15.0 Å². The first-order valence-electron chi connectivity index (χ1n) is 8.05. The second-order valence-electron chi connectivity index (χ2n) is 5.87. The zero-order valence-electron chi connectivity index (χ0n) is 15.1. The van der Waals surface area contributed by atoms with Crippen molar-refractivity contribution in [3.63, 3.8) is 0 Å². The van der Waals surface area contributed by atoms with Crippen molar-refractivity contribution in [2.75, 3.05) is 7.05 Å². The van der Waals surface area contributed by atoms with Crippen molar-refractivity contribution < 1.29 is 32.0 Å². The lowest BCUT2D eigenvalue weighted by Crippen LogP contribution is -2.21. The van der Waals surface area contributed by atoms with E-state index in [1.807, 2.05) is 44.3 Å². The van der Waals surface area contributed by atoms with Crippen LogP contribution in [0.25, 0.3) is 11.4 Å². The van der Waals surface area contributed by atoms with Gasteiger partial charge in [-0.2, -0.15) is 13.2 Å². The van der Waals surface area contributed by atoms with E-state index in [-0.39, 0.29) is 0 Å². The van der Waals surface area contributed by atoms with Crippen LogP contribution in [0.4, 0.5) is 13.2 Å². The van der Waals surface area contributed by atoms with Gasteiger partial charge in [0.2, 0.25) is 0 Å². The number of halogens is 3. The van der Waals surface area contributed by atoms with Gasteiger partial charge in [-0.3, -0.25) is 9.88 Å². The molecular weight excluding hydrogens is 379 g/mol. The Morgan fingerprint density at radius 3 is 2.46 bits per heavy atom. The summed E-state index contributed by atoms with van der Waals surface area (Å²) in [5.74, 6) is -0.986. The molecule has 7 nitrogen and oxygen atoms in total. The molecule has 0 aliphatic carbocycles. The van der Waals surface area contributed by atoms with Gasteiger partial charge in [-0.05, 0) is 32.2 Å². The molecule has 0 saturated heterocycles. The molecule has 0 amide bonds. The van der Waals surface area contributed by atoms with Crippen LogP contribution >= 0.6 is 0 Å². The van der Waals surface area contributed by atoms with E-state index in [0.29, 0.717) is 6.54 Å². The van der Waals surface area contributed by atoms with Crippen LogP contribution in [-0.2, 0) is 17.9 Å². The van der Waals surface area contributed by atoms with Crippen molar-refractivity contribution in [2.45, 2.75) is 26.2 Å². The first-order valence-corrected chi connectivity index (χ1v) is 8.05. The van der Waals surface area contributed by atoms with Crippen LogP contribution in [0.5, 0.6) is 0 Å². The standard InChI is InChI=1S/C16H17N3O2.C2HF3O2/c1-12-13(6-8-20-12)10-19(2)11-14-9-16(18-21-14)15-5-3-4-7-17-15;3-2(4,5)1(6)7/h3-9H,10-11H2,1-2H3;(H,6,7). The lowest BCUT2D eigenvalue weighted by atomic mass is 10.2. The SMILES string of the molecule is Cc1occc1CN(C)Cc1cc(-c2ccccn2)no1.O=C(O)C(F)(F)F. The summed E-state index contributed by atoms with van der Waals surface area (Å²) in [6.45, 7) is 3.46. The van der Waals surface area contributed by atoms with Gasteiger partial charge in [0.15, 0.2) is 5.76 Å².